The van der Waals surface area contributed by atoms with E-state index in [9.17, 15) is 0 Å². The van der Waals surface area contributed by atoms with E-state index in [2.05, 4.69) is 25.0 Å². The van der Waals surface area contributed by atoms with Crippen molar-refractivity contribution in [2.45, 2.75) is 60.3 Å². The highest BCUT2D eigenvalue weighted by molar-refractivity contribution is 6.81. The minimum absolute atomic E-state index is 0.454. The molecule has 0 aromatic heterocycles. The lowest BCUT2D eigenvalue weighted by atomic mass is 10.2. The Bertz CT molecular complexity index is 380. The second-order valence-corrected chi connectivity index (χ2v) is 9.91. The molecule has 0 N–H and O–H groups in total. The fourth-order valence-corrected chi connectivity index (χ4v) is 7.49. The van der Waals surface area contributed by atoms with Gasteiger partial charge >= 0.3 is 17.6 Å². The van der Waals surface area contributed by atoms with Gasteiger partial charge in [0, 0.05) is 32.8 Å². The van der Waals surface area contributed by atoms with Crippen molar-refractivity contribution in [2.75, 3.05) is 26.4 Å². The van der Waals surface area contributed by atoms with E-state index in [0.29, 0.717) is 26.4 Å². The van der Waals surface area contributed by atoms with E-state index in [1.165, 1.54) is 6.42 Å². The van der Waals surface area contributed by atoms with Gasteiger partial charge in [-0.3, -0.25) is 0 Å². The van der Waals surface area contributed by atoms with Gasteiger partial charge < -0.3 is 21.8 Å². The average molecular weight is 375 g/mol. The Morgan fingerprint density at radius 3 is 1.79 bits per heavy atom. The van der Waals surface area contributed by atoms with Crippen LogP contribution in [0.2, 0.25) is 0 Å². The number of unbranched alkanes of at least 4 members (excludes halogenated alkanes) is 3. The van der Waals surface area contributed by atoms with Gasteiger partial charge in [-0.15, -0.1) is 5.92 Å². The van der Waals surface area contributed by atoms with Crippen LogP contribution in [-0.4, -0.2) is 44.0 Å². The normalized spacial score (nSPS) is 11.9. The fourth-order valence-electron chi connectivity index (χ4n) is 2.06. The maximum absolute atomic E-state index is 6.24. The first-order valence-electron chi connectivity index (χ1n) is 8.97. The molecule has 7 heteroatoms. The van der Waals surface area contributed by atoms with Crippen LogP contribution in [0, 0.1) is 11.5 Å². The molecular formula is C17H34O5Si2. The summed E-state index contributed by atoms with van der Waals surface area (Å²) >= 11 is 0. The zero-order chi connectivity index (χ0) is 18.3. The summed E-state index contributed by atoms with van der Waals surface area (Å²) in [4.78, 5) is 0. The monoisotopic (exact) mass is 374 g/mol. The summed E-state index contributed by atoms with van der Waals surface area (Å²) in [5, 5.41) is 0. The third-order valence-electron chi connectivity index (χ3n) is 3.03. The van der Waals surface area contributed by atoms with Gasteiger partial charge in [0.15, 0.2) is 0 Å². The summed E-state index contributed by atoms with van der Waals surface area (Å²) in [5.74, 6) is 3.18. The quantitative estimate of drug-likeness (QED) is 0.262. The van der Waals surface area contributed by atoms with Crippen LogP contribution >= 0.6 is 0 Å². The molecule has 0 atom stereocenters. The molecule has 0 saturated heterocycles. The number of rotatable bonds is 14. The van der Waals surface area contributed by atoms with E-state index in [4.69, 9.17) is 21.8 Å². The largest absolute Gasteiger partial charge is 0.584 e. The van der Waals surface area contributed by atoms with E-state index >= 15 is 0 Å². The average Bonchev–Trinajstić information content (AvgIpc) is 2.55. The van der Waals surface area contributed by atoms with Gasteiger partial charge in [-0.25, -0.2) is 0 Å². The Kier molecular flexibility index (Phi) is 13.5. The van der Waals surface area contributed by atoms with Gasteiger partial charge in [-0.2, -0.15) is 0 Å². The molecule has 0 spiro atoms. The van der Waals surface area contributed by atoms with Crippen LogP contribution in [0.15, 0.2) is 12.3 Å². The lowest BCUT2D eigenvalue weighted by Crippen LogP contribution is -2.57. The standard InChI is InChI=1S/C17H34O5Si2/c1-7-13-14-15-16-17-24(20-10-4,21-11-5)22-23(12-6,18-8-2)19-9-3/h12H,6-11,13-15H2,1-5H3. The van der Waals surface area contributed by atoms with Gasteiger partial charge in [-0.1, -0.05) is 26.3 Å². The number of hydrogen-bond acceptors (Lipinski definition) is 5. The van der Waals surface area contributed by atoms with E-state index in [-0.39, 0.29) is 0 Å². The lowest BCUT2D eigenvalue weighted by Gasteiger charge is -2.33. The van der Waals surface area contributed by atoms with E-state index < -0.39 is 17.6 Å². The predicted molar refractivity (Wildman–Crippen MR) is 101 cm³/mol. The van der Waals surface area contributed by atoms with Crippen LogP contribution in [0.1, 0.15) is 60.3 Å². The molecule has 0 aliphatic carbocycles. The van der Waals surface area contributed by atoms with Crippen molar-refractivity contribution in [1.29, 1.82) is 0 Å². The molecule has 0 aromatic carbocycles. The van der Waals surface area contributed by atoms with Crippen molar-refractivity contribution in [3.63, 3.8) is 0 Å². The molecule has 0 heterocycles. The Hall–Kier alpha value is -0.466. The van der Waals surface area contributed by atoms with Crippen molar-refractivity contribution in [3.05, 3.63) is 12.3 Å². The third-order valence-corrected chi connectivity index (χ3v) is 8.95. The summed E-state index contributed by atoms with van der Waals surface area (Å²) in [5.41, 5.74) is 4.77. The van der Waals surface area contributed by atoms with E-state index in [1.54, 1.807) is 5.70 Å². The summed E-state index contributed by atoms with van der Waals surface area (Å²) in [6.07, 6.45) is 4.20. The van der Waals surface area contributed by atoms with E-state index in [1.807, 2.05) is 27.7 Å². The van der Waals surface area contributed by atoms with Gasteiger partial charge in [0.1, 0.15) is 0 Å². The molecule has 24 heavy (non-hydrogen) atoms. The Labute approximate surface area is 150 Å². The van der Waals surface area contributed by atoms with E-state index in [0.717, 1.165) is 19.3 Å². The molecule has 0 aliphatic heterocycles. The maximum Gasteiger partial charge on any atom is 0.584 e. The lowest BCUT2D eigenvalue weighted by molar-refractivity contribution is 0.0672. The Balaban J connectivity index is 5.42. The van der Waals surface area contributed by atoms with Crippen molar-refractivity contribution in [2.24, 2.45) is 0 Å². The molecule has 0 rings (SSSR count). The fraction of sp³-hybridized carbons (Fsp3) is 0.765. The molecule has 0 radical (unpaired) electrons. The van der Waals surface area contributed by atoms with Crippen LogP contribution in [0.4, 0.5) is 0 Å². The van der Waals surface area contributed by atoms with Gasteiger partial charge in [0.05, 0.1) is 0 Å². The van der Waals surface area contributed by atoms with Crippen LogP contribution in [-0.2, 0) is 21.8 Å². The molecule has 0 unspecified atom stereocenters. The third kappa shape index (κ3) is 8.58. The van der Waals surface area contributed by atoms with Crippen LogP contribution in [0.5, 0.6) is 0 Å². The van der Waals surface area contributed by atoms with Crippen molar-refractivity contribution in [1.82, 2.24) is 0 Å². The molecule has 0 bridgehead atoms. The first-order chi connectivity index (χ1) is 11.6. The number of hydrogen-bond donors (Lipinski definition) is 0. The molecule has 0 saturated carbocycles. The topological polar surface area (TPSA) is 46.2 Å². The summed E-state index contributed by atoms with van der Waals surface area (Å²) in [6.45, 7) is 15.5. The van der Waals surface area contributed by atoms with Crippen molar-refractivity contribution >= 4 is 17.6 Å². The smallest absolute Gasteiger partial charge is 0.371 e. The Morgan fingerprint density at radius 2 is 1.38 bits per heavy atom. The molecule has 0 fully saturated rings. The van der Waals surface area contributed by atoms with Crippen molar-refractivity contribution < 1.29 is 21.8 Å². The van der Waals surface area contributed by atoms with Crippen LogP contribution < -0.4 is 0 Å². The molecular weight excluding hydrogens is 340 g/mol. The van der Waals surface area contributed by atoms with Crippen LogP contribution in [0.3, 0.4) is 0 Å². The second-order valence-electron chi connectivity index (χ2n) is 4.96. The zero-order valence-electron chi connectivity index (χ0n) is 16.0. The van der Waals surface area contributed by atoms with Gasteiger partial charge in [0.2, 0.25) is 0 Å². The molecule has 0 aromatic rings. The highest BCUT2D eigenvalue weighted by atomic mass is 28.5. The Morgan fingerprint density at radius 1 is 0.833 bits per heavy atom. The molecule has 0 aliphatic rings. The zero-order valence-corrected chi connectivity index (χ0v) is 18.0. The van der Waals surface area contributed by atoms with Gasteiger partial charge in [-0.05, 0) is 45.4 Å². The minimum Gasteiger partial charge on any atom is -0.371 e. The first kappa shape index (κ1) is 23.5. The molecule has 5 nitrogen and oxygen atoms in total. The summed E-state index contributed by atoms with van der Waals surface area (Å²) < 4.78 is 29.6. The predicted octanol–water partition coefficient (Wildman–Crippen LogP) is 3.87. The summed E-state index contributed by atoms with van der Waals surface area (Å²) in [7, 11) is -6.29. The first-order valence-corrected chi connectivity index (χ1v) is 12.5. The molecule has 0 amide bonds. The minimum atomic E-state index is -3.21. The maximum atomic E-state index is 6.24. The highest BCUT2D eigenvalue weighted by Crippen LogP contribution is 2.20. The van der Waals surface area contributed by atoms with Gasteiger partial charge in [0.25, 0.3) is 0 Å². The second kappa shape index (κ2) is 13.8. The molecule has 140 valence electrons. The van der Waals surface area contributed by atoms with Crippen LogP contribution in [0.25, 0.3) is 0 Å². The summed E-state index contributed by atoms with van der Waals surface area (Å²) in [6, 6.07) is 0. The van der Waals surface area contributed by atoms with Crippen molar-refractivity contribution in [3.8, 4) is 11.5 Å². The highest BCUT2D eigenvalue weighted by Gasteiger charge is 2.52. The SMILES string of the molecule is C=C[Si](OCC)(OCC)O[Si](C#CCCCCC)(OCC)OCC.